The van der Waals surface area contributed by atoms with Crippen LogP contribution in [0.2, 0.25) is 0 Å². The van der Waals surface area contributed by atoms with Crippen LogP contribution in [0.25, 0.3) is 5.65 Å². The van der Waals surface area contributed by atoms with E-state index in [1.54, 1.807) is 12.1 Å². The first kappa shape index (κ1) is 11.4. The van der Waals surface area contributed by atoms with E-state index in [0.29, 0.717) is 12.0 Å². The lowest BCUT2D eigenvalue weighted by molar-refractivity contribution is 0.613. The van der Waals surface area contributed by atoms with Crippen LogP contribution < -0.4 is 0 Å². The molecule has 0 N–H and O–H groups in total. The zero-order chi connectivity index (χ0) is 12.5. The predicted molar refractivity (Wildman–Crippen MR) is 72.1 cm³/mol. The van der Waals surface area contributed by atoms with Crippen molar-refractivity contribution in [3.05, 3.63) is 70.3 Å². The van der Waals surface area contributed by atoms with Crippen molar-refractivity contribution < 1.29 is 4.39 Å². The summed E-state index contributed by atoms with van der Waals surface area (Å²) in [5, 5.41) is 0. The maximum absolute atomic E-state index is 13.6. The van der Waals surface area contributed by atoms with Gasteiger partial charge < -0.3 is 4.40 Å². The number of rotatable bonds is 2. The highest BCUT2D eigenvalue weighted by molar-refractivity contribution is 9.10. The molecule has 0 radical (unpaired) electrons. The van der Waals surface area contributed by atoms with Gasteiger partial charge in [0.15, 0.2) is 0 Å². The topological polar surface area (TPSA) is 17.3 Å². The molecule has 2 nitrogen and oxygen atoms in total. The van der Waals surface area contributed by atoms with Gasteiger partial charge in [-0.2, -0.15) is 0 Å². The Hall–Kier alpha value is -1.68. The molecule has 0 aliphatic carbocycles. The predicted octanol–water partition coefficient (Wildman–Crippen LogP) is 3.83. The van der Waals surface area contributed by atoms with E-state index >= 15 is 0 Å². The number of aromatic nitrogens is 2. The molecule has 0 saturated carbocycles. The standard InChI is InChI=1S/C14H10BrFN2/c15-11-5-6-14-17-12(9-18(14)8-11)7-10-3-1-2-4-13(10)16/h1-6,8-9H,7H2. The molecule has 18 heavy (non-hydrogen) atoms. The summed E-state index contributed by atoms with van der Waals surface area (Å²) < 4.78 is 16.5. The zero-order valence-electron chi connectivity index (χ0n) is 9.48. The molecule has 0 fully saturated rings. The van der Waals surface area contributed by atoms with Crippen LogP contribution in [0.3, 0.4) is 0 Å². The number of nitrogens with zero attached hydrogens (tertiary/aromatic N) is 2. The van der Waals surface area contributed by atoms with Gasteiger partial charge in [-0.25, -0.2) is 9.37 Å². The number of pyridine rings is 1. The first-order valence-corrected chi connectivity index (χ1v) is 6.38. The third-order valence-electron chi connectivity index (χ3n) is 2.79. The van der Waals surface area contributed by atoms with Crippen molar-refractivity contribution in [2.45, 2.75) is 6.42 Å². The van der Waals surface area contributed by atoms with Gasteiger partial charge in [0.2, 0.25) is 0 Å². The quantitative estimate of drug-likeness (QED) is 0.703. The first-order valence-electron chi connectivity index (χ1n) is 5.59. The molecule has 0 unspecified atom stereocenters. The highest BCUT2D eigenvalue weighted by Gasteiger charge is 2.06. The Bertz CT molecular complexity index is 706. The second-order valence-corrected chi connectivity index (χ2v) is 5.03. The summed E-state index contributed by atoms with van der Waals surface area (Å²) in [5.41, 5.74) is 2.39. The van der Waals surface area contributed by atoms with E-state index in [4.69, 9.17) is 0 Å². The van der Waals surface area contributed by atoms with E-state index in [2.05, 4.69) is 20.9 Å². The minimum atomic E-state index is -0.185. The second kappa shape index (κ2) is 4.53. The van der Waals surface area contributed by atoms with E-state index in [9.17, 15) is 4.39 Å². The third kappa shape index (κ3) is 2.16. The van der Waals surface area contributed by atoms with Gasteiger partial charge in [0, 0.05) is 23.3 Å². The Morgan fingerprint density at radius 1 is 1.11 bits per heavy atom. The lowest BCUT2D eigenvalue weighted by Gasteiger charge is -1.98. The normalized spacial score (nSPS) is 11.0. The molecule has 3 rings (SSSR count). The van der Waals surface area contributed by atoms with Gasteiger partial charge in [-0.15, -0.1) is 0 Å². The van der Waals surface area contributed by atoms with Crippen molar-refractivity contribution in [1.29, 1.82) is 0 Å². The summed E-state index contributed by atoms with van der Waals surface area (Å²) >= 11 is 3.41. The maximum Gasteiger partial charge on any atom is 0.137 e. The van der Waals surface area contributed by atoms with Gasteiger partial charge in [-0.3, -0.25) is 0 Å². The van der Waals surface area contributed by atoms with Crippen molar-refractivity contribution in [3.63, 3.8) is 0 Å². The van der Waals surface area contributed by atoms with Crippen LogP contribution in [-0.4, -0.2) is 9.38 Å². The fourth-order valence-corrected chi connectivity index (χ4v) is 2.29. The maximum atomic E-state index is 13.6. The van der Waals surface area contributed by atoms with Gasteiger partial charge >= 0.3 is 0 Å². The highest BCUT2D eigenvalue weighted by atomic mass is 79.9. The number of hydrogen-bond acceptors (Lipinski definition) is 1. The summed E-state index contributed by atoms with van der Waals surface area (Å²) in [7, 11) is 0. The number of benzene rings is 1. The lowest BCUT2D eigenvalue weighted by atomic mass is 10.1. The minimum absolute atomic E-state index is 0.185. The molecule has 1 aromatic carbocycles. The summed E-state index contributed by atoms with van der Waals surface area (Å²) in [6.07, 6.45) is 4.37. The largest absolute Gasteiger partial charge is 0.306 e. The molecule has 3 aromatic rings. The average molecular weight is 305 g/mol. The number of fused-ring (bicyclic) bond motifs is 1. The Morgan fingerprint density at radius 3 is 2.78 bits per heavy atom. The Kier molecular flexibility index (Phi) is 2.88. The SMILES string of the molecule is Fc1ccccc1Cc1cn2cc(Br)ccc2n1. The van der Waals surface area contributed by atoms with Crippen LogP contribution in [-0.2, 0) is 6.42 Å². The van der Waals surface area contributed by atoms with E-state index in [0.717, 1.165) is 15.8 Å². The minimum Gasteiger partial charge on any atom is -0.306 e. The van der Waals surface area contributed by atoms with Crippen LogP contribution in [0.4, 0.5) is 4.39 Å². The molecule has 0 aliphatic rings. The lowest BCUT2D eigenvalue weighted by Crippen LogP contribution is -1.91. The fraction of sp³-hybridized carbons (Fsp3) is 0.0714. The van der Waals surface area contributed by atoms with E-state index in [1.807, 2.05) is 35.0 Å². The van der Waals surface area contributed by atoms with Crippen LogP contribution in [0, 0.1) is 5.82 Å². The van der Waals surface area contributed by atoms with E-state index in [1.165, 1.54) is 6.07 Å². The third-order valence-corrected chi connectivity index (χ3v) is 3.26. The number of hydrogen-bond donors (Lipinski definition) is 0. The molecule has 0 saturated heterocycles. The van der Waals surface area contributed by atoms with Crippen molar-refractivity contribution in [1.82, 2.24) is 9.38 Å². The Balaban J connectivity index is 1.98. The molecule has 90 valence electrons. The highest BCUT2D eigenvalue weighted by Crippen LogP contribution is 2.16. The summed E-state index contributed by atoms with van der Waals surface area (Å²) in [6.45, 7) is 0. The number of halogens is 2. The first-order chi connectivity index (χ1) is 8.72. The smallest absolute Gasteiger partial charge is 0.137 e. The van der Waals surface area contributed by atoms with Crippen molar-refractivity contribution in [3.8, 4) is 0 Å². The van der Waals surface area contributed by atoms with Crippen LogP contribution >= 0.6 is 15.9 Å². The summed E-state index contributed by atoms with van der Waals surface area (Å²) in [5.74, 6) is -0.185. The molecule has 0 atom stereocenters. The molecule has 2 aromatic heterocycles. The molecule has 2 heterocycles. The second-order valence-electron chi connectivity index (χ2n) is 4.11. The van der Waals surface area contributed by atoms with Gasteiger partial charge in [0.1, 0.15) is 11.5 Å². The molecule has 0 amide bonds. The summed E-state index contributed by atoms with van der Waals surface area (Å²) in [6, 6.07) is 10.7. The molecular formula is C14H10BrFN2. The zero-order valence-corrected chi connectivity index (χ0v) is 11.1. The Morgan fingerprint density at radius 2 is 1.94 bits per heavy atom. The average Bonchev–Trinajstić information content (AvgIpc) is 2.73. The molecule has 0 aliphatic heterocycles. The fourth-order valence-electron chi connectivity index (χ4n) is 1.94. The summed E-state index contributed by atoms with van der Waals surface area (Å²) in [4.78, 5) is 4.47. The van der Waals surface area contributed by atoms with Crippen LogP contribution in [0.5, 0.6) is 0 Å². The van der Waals surface area contributed by atoms with Crippen molar-refractivity contribution >= 4 is 21.6 Å². The van der Waals surface area contributed by atoms with Gasteiger partial charge in [-0.05, 0) is 39.7 Å². The van der Waals surface area contributed by atoms with Gasteiger partial charge in [0.05, 0.1) is 5.69 Å². The van der Waals surface area contributed by atoms with E-state index < -0.39 is 0 Å². The van der Waals surface area contributed by atoms with Crippen LogP contribution in [0.1, 0.15) is 11.3 Å². The molecular weight excluding hydrogens is 295 g/mol. The Labute approximate surface area is 112 Å². The molecule has 0 bridgehead atoms. The van der Waals surface area contributed by atoms with Gasteiger partial charge in [-0.1, -0.05) is 18.2 Å². The number of imidazole rings is 1. The van der Waals surface area contributed by atoms with Crippen molar-refractivity contribution in [2.75, 3.05) is 0 Å². The molecule has 4 heteroatoms. The molecule has 0 spiro atoms. The van der Waals surface area contributed by atoms with Crippen molar-refractivity contribution in [2.24, 2.45) is 0 Å². The van der Waals surface area contributed by atoms with Crippen LogP contribution in [0.15, 0.2) is 53.3 Å². The van der Waals surface area contributed by atoms with E-state index in [-0.39, 0.29) is 5.82 Å². The monoisotopic (exact) mass is 304 g/mol. The van der Waals surface area contributed by atoms with Gasteiger partial charge in [0.25, 0.3) is 0 Å².